The van der Waals surface area contributed by atoms with Crippen molar-refractivity contribution in [2.75, 3.05) is 7.11 Å². The topological polar surface area (TPSA) is 47.0 Å². The van der Waals surface area contributed by atoms with Crippen LogP contribution in [0.4, 0.5) is 4.39 Å². The highest BCUT2D eigenvalue weighted by Crippen LogP contribution is 2.28. The van der Waals surface area contributed by atoms with E-state index in [-0.39, 0.29) is 11.4 Å². The number of hydrogen-bond donors (Lipinski definition) is 1. The van der Waals surface area contributed by atoms with Crippen molar-refractivity contribution in [2.45, 2.75) is 32.9 Å². The third kappa shape index (κ3) is 3.74. The molecule has 108 valence electrons. The molecule has 0 aliphatic carbocycles. The zero-order chi connectivity index (χ0) is 14.8. The van der Waals surface area contributed by atoms with Gasteiger partial charge in [-0.3, -0.25) is 0 Å². The van der Waals surface area contributed by atoms with Gasteiger partial charge in [0.1, 0.15) is 16.6 Å². The van der Waals surface area contributed by atoms with Crippen LogP contribution in [0.1, 0.15) is 25.8 Å². The number of benzene rings is 1. The highest BCUT2D eigenvalue weighted by atomic mass is 32.1. The molecule has 0 spiro atoms. The fraction of sp³-hybridized carbons (Fsp3) is 0.429. The summed E-state index contributed by atoms with van der Waals surface area (Å²) in [6.45, 7) is 6.87. The molecule has 0 radical (unpaired) electrons. The van der Waals surface area contributed by atoms with E-state index in [4.69, 9.17) is 4.74 Å². The molecular weight excluding hydrogens is 277 g/mol. The minimum Gasteiger partial charge on any atom is -0.497 e. The van der Waals surface area contributed by atoms with Gasteiger partial charge >= 0.3 is 0 Å². The lowest BCUT2D eigenvalue weighted by Gasteiger charge is -2.19. The third-order valence-electron chi connectivity index (χ3n) is 2.64. The highest BCUT2D eigenvalue weighted by molar-refractivity contribution is 7.14. The molecule has 1 aromatic carbocycles. The Morgan fingerprint density at radius 1 is 1.30 bits per heavy atom. The van der Waals surface area contributed by atoms with Crippen LogP contribution >= 0.6 is 11.3 Å². The van der Waals surface area contributed by atoms with Gasteiger partial charge in [0.25, 0.3) is 0 Å². The first kappa shape index (κ1) is 14.9. The van der Waals surface area contributed by atoms with E-state index >= 15 is 0 Å². The number of methoxy groups -OCH3 is 1. The van der Waals surface area contributed by atoms with Crippen LogP contribution in [0.15, 0.2) is 18.2 Å². The standard InChI is InChI=1S/C14H18FN3OS/c1-14(2,3)16-8-12-17-18-13(20-12)10-6-5-9(19-4)7-11(10)15/h5-7,16H,8H2,1-4H3. The molecule has 0 amide bonds. The Morgan fingerprint density at radius 3 is 2.65 bits per heavy atom. The van der Waals surface area contributed by atoms with Crippen LogP contribution in [0.3, 0.4) is 0 Å². The van der Waals surface area contributed by atoms with Crippen molar-refractivity contribution in [3.8, 4) is 16.3 Å². The molecule has 0 saturated carbocycles. The van der Waals surface area contributed by atoms with Crippen LogP contribution in [0.25, 0.3) is 10.6 Å². The molecule has 1 N–H and O–H groups in total. The van der Waals surface area contributed by atoms with Gasteiger partial charge in [-0.05, 0) is 32.9 Å². The van der Waals surface area contributed by atoms with Crippen LogP contribution in [-0.2, 0) is 6.54 Å². The minimum atomic E-state index is -0.351. The van der Waals surface area contributed by atoms with Crippen molar-refractivity contribution in [1.29, 1.82) is 0 Å². The third-order valence-corrected chi connectivity index (χ3v) is 3.60. The zero-order valence-corrected chi connectivity index (χ0v) is 12.8. The lowest BCUT2D eigenvalue weighted by molar-refractivity contribution is 0.411. The van der Waals surface area contributed by atoms with Gasteiger partial charge in [0, 0.05) is 17.2 Å². The Kier molecular flexibility index (Phi) is 4.35. The maximum Gasteiger partial charge on any atom is 0.150 e. The number of nitrogens with one attached hydrogen (secondary N) is 1. The lowest BCUT2D eigenvalue weighted by Crippen LogP contribution is -2.35. The van der Waals surface area contributed by atoms with Crippen molar-refractivity contribution in [2.24, 2.45) is 0 Å². The average Bonchev–Trinajstić information content (AvgIpc) is 2.84. The number of aromatic nitrogens is 2. The summed E-state index contributed by atoms with van der Waals surface area (Å²) < 4.78 is 18.9. The van der Waals surface area contributed by atoms with Crippen molar-refractivity contribution in [1.82, 2.24) is 15.5 Å². The lowest BCUT2D eigenvalue weighted by atomic mass is 10.1. The van der Waals surface area contributed by atoms with Gasteiger partial charge < -0.3 is 10.1 Å². The van der Waals surface area contributed by atoms with Crippen LogP contribution in [0, 0.1) is 5.82 Å². The van der Waals surface area contributed by atoms with Gasteiger partial charge in [0.05, 0.1) is 13.7 Å². The number of rotatable bonds is 4. The molecule has 0 unspecified atom stereocenters. The van der Waals surface area contributed by atoms with E-state index in [0.717, 1.165) is 5.01 Å². The van der Waals surface area contributed by atoms with Gasteiger partial charge in [0.15, 0.2) is 5.01 Å². The van der Waals surface area contributed by atoms with E-state index in [1.165, 1.54) is 24.5 Å². The number of halogens is 1. The molecule has 2 aromatic rings. The molecule has 0 aliphatic heterocycles. The maximum atomic E-state index is 14.0. The van der Waals surface area contributed by atoms with Gasteiger partial charge in [-0.15, -0.1) is 10.2 Å². The van der Waals surface area contributed by atoms with Crippen LogP contribution in [-0.4, -0.2) is 22.8 Å². The van der Waals surface area contributed by atoms with Crippen molar-refractivity contribution < 1.29 is 9.13 Å². The van der Waals surface area contributed by atoms with Crippen molar-refractivity contribution in [3.05, 3.63) is 29.0 Å². The van der Waals surface area contributed by atoms with Crippen LogP contribution in [0.5, 0.6) is 5.75 Å². The molecule has 4 nitrogen and oxygen atoms in total. The molecule has 6 heteroatoms. The summed E-state index contributed by atoms with van der Waals surface area (Å²) in [7, 11) is 1.51. The Labute approximate surface area is 122 Å². The second kappa shape index (κ2) is 5.85. The largest absolute Gasteiger partial charge is 0.497 e. The van der Waals surface area contributed by atoms with Crippen LogP contribution < -0.4 is 10.1 Å². The maximum absolute atomic E-state index is 14.0. The number of hydrogen-bond acceptors (Lipinski definition) is 5. The molecule has 0 saturated heterocycles. The fourth-order valence-electron chi connectivity index (χ4n) is 1.57. The van der Waals surface area contributed by atoms with Crippen molar-refractivity contribution >= 4 is 11.3 Å². The number of ether oxygens (including phenoxy) is 1. The highest BCUT2D eigenvalue weighted by Gasteiger charge is 2.14. The van der Waals surface area contributed by atoms with E-state index in [9.17, 15) is 4.39 Å². The first-order valence-electron chi connectivity index (χ1n) is 6.30. The van der Waals surface area contributed by atoms with E-state index in [0.29, 0.717) is 22.9 Å². The molecular formula is C14H18FN3OS. The fourth-order valence-corrected chi connectivity index (χ4v) is 2.38. The Morgan fingerprint density at radius 2 is 2.05 bits per heavy atom. The van der Waals surface area contributed by atoms with Crippen molar-refractivity contribution in [3.63, 3.8) is 0 Å². The molecule has 0 bridgehead atoms. The molecule has 1 heterocycles. The van der Waals surface area contributed by atoms with E-state index in [2.05, 4.69) is 36.3 Å². The summed E-state index contributed by atoms with van der Waals surface area (Å²) in [5.74, 6) is 0.140. The molecule has 2 rings (SSSR count). The quantitative estimate of drug-likeness (QED) is 0.940. The summed E-state index contributed by atoms with van der Waals surface area (Å²) >= 11 is 1.39. The van der Waals surface area contributed by atoms with Gasteiger partial charge in [-0.2, -0.15) is 0 Å². The molecule has 0 aliphatic rings. The zero-order valence-electron chi connectivity index (χ0n) is 12.0. The Balaban J connectivity index is 2.16. The smallest absolute Gasteiger partial charge is 0.150 e. The monoisotopic (exact) mass is 295 g/mol. The summed E-state index contributed by atoms with van der Waals surface area (Å²) in [6.07, 6.45) is 0. The van der Waals surface area contributed by atoms with Gasteiger partial charge in [-0.1, -0.05) is 11.3 Å². The minimum absolute atomic E-state index is 0.0111. The van der Waals surface area contributed by atoms with E-state index < -0.39 is 0 Å². The molecule has 0 atom stereocenters. The van der Waals surface area contributed by atoms with Gasteiger partial charge in [-0.25, -0.2) is 4.39 Å². The Bertz CT molecular complexity index is 592. The molecule has 0 fully saturated rings. The first-order valence-corrected chi connectivity index (χ1v) is 7.12. The number of nitrogens with zero attached hydrogens (tertiary/aromatic N) is 2. The average molecular weight is 295 g/mol. The summed E-state index contributed by atoms with van der Waals surface area (Å²) in [6, 6.07) is 4.73. The predicted octanol–water partition coefficient (Wildman–Crippen LogP) is 3.24. The van der Waals surface area contributed by atoms with Crippen LogP contribution in [0.2, 0.25) is 0 Å². The normalized spacial score (nSPS) is 11.7. The summed E-state index contributed by atoms with van der Waals surface area (Å²) in [5, 5.41) is 12.9. The summed E-state index contributed by atoms with van der Waals surface area (Å²) in [4.78, 5) is 0. The van der Waals surface area contributed by atoms with Gasteiger partial charge in [0.2, 0.25) is 0 Å². The Hall–Kier alpha value is -1.53. The second-order valence-corrected chi connectivity index (χ2v) is 6.51. The van der Waals surface area contributed by atoms with E-state index in [1.807, 2.05) is 0 Å². The molecule has 1 aromatic heterocycles. The summed E-state index contributed by atoms with van der Waals surface area (Å²) in [5.41, 5.74) is 0.460. The second-order valence-electron chi connectivity index (χ2n) is 5.45. The predicted molar refractivity (Wildman–Crippen MR) is 78.4 cm³/mol. The SMILES string of the molecule is COc1ccc(-c2nnc(CNC(C)(C)C)s2)c(F)c1. The first-order chi connectivity index (χ1) is 9.39. The molecule has 20 heavy (non-hydrogen) atoms. The van der Waals surface area contributed by atoms with E-state index in [1.54, 1.807) is 12.1 Å².